The molecule has 0 bridgehead atoms. The van der Waals surface area contributed by atoms with Gasteiger partial charge >= 0.3 is 5.51 Å². The van der Waals surface area contributed by atoms with E-state index >= 15 is 0 Å². The summed E-state index contributed by atoms with van der Waals surface area (Å²) in [6, 6.07) is 0. The summed E-state index contributed by atoms with van der Waals surface area (Å²) in [4.78, 5) is 0. The fourth-order valence-electron chi connectivity index (χ4n) is 0.548. The van der Waals surface area contributed by atoms with Gasteiger partial charge in [-0.05, 0) is 6.92 Å². The molecule has 0 heterocycles. The lowest BCUT2D eigenvalue weighted by Gasteiger charge is -2.09. The molecule has 0 aliphatic heterocycles. The van der Waals surface area contributed by atoms with E-state index in [1.54, 1.807) is 6.92 Å². The van der Waals surface area contributed by atoms with E-state index in [1.165, 1.54) is 0 Å². The average molecular weight is 235 g/mol. The zero-order valence-electron chi connectivity index (χ0n) is 7.13. The van der Waals surface area contributed by atoms with Gasteiger partial charge in [0.15, 0.2) is 0 Å². The fraction of sp³-hybridized carbons (Fsp3) is 1.00. The van der Waals surface area contributed by atoms with Gasteiger partial charge in [0.25, 0.3) is 0 Å². The zero-order chi connectivity index (χ0) is 10.5. The van der Waals surface area contributed by atoms with Gasteiger partial charge in [-0.15, -0.1) is 0 Å². The Labute approximate surface area is 81.9 Å². The maximum atomic E-state index is 11.6. The quantitative estimate of drug-likeness (QED) is 0.782. The highest BCUT2D eigenvalue weighted by Crippen LogP contribution is 2.29. The van der Waals surface area contributed by atoms with Gasteiger partial charge in [0.05, 0.1) is 0 Å². The number of thioether (sulfide) groups is 1. The van der Waals surface area contributed by atoms with Crippen LogP contribution in [0.3, 0.4) is 0 Å². The highest BCUT2D eigenvalue weighted by atomic mass is 32.2. The van der Waals surface area contributed by atoms with Crippen LogP contribution in [0.4, 0.5) is 13.2 Å². The molecule has 0 aromatic carbocycles. The molecule has 0 aliphatic rings. The zero-order valence-corrected chi connectivity index (χ0v) is 8.77. The van der Waals surface area contributed by atoms with Crippen molar-refractivity contribution in [3.8, 4) is 0 Å². The Hall–Kier alpha value is 0.250. The Morgan fingerprint density at radius 2 is 2.08 bits per heavy atom. The van der Waals surface area contributed by atoms with E-state index in [9.17, 15) is 17.4 Å². The normalized spacial score (nSPS) is 17.0. The number of rotatable bonds is 5. The molecule has 0 radical (unpaired) electrons. The SMILES string of the molecule is CC(CN)S(=O)CCSC(F)(F)F. The second-order valence-electron chi connectivity index (χ2n) is 2.43. The number of halogens is 3. The molecule has 7 heteroatoms. The molecule has 0 aromatic heterocycles. The molecular weight excluding hydrogens is 223 g/mol. The average Bonchev–Trinajstić information content (AvgIpc) is 2.00. The van der Waals surface area contributed by atoms with Gasteiger partial charge in [-0.2, -0.15) is 13.2 Å². The van der Waals surface area contributed by atoms with Crippen molar-refractivity contribution in [2.24, 2.45) is 5.73 Å². The highest BCUT2D eigenvalue weighted by Gasteiger charge is 2.28. The topological polar surface area (TPSA) is 43.1 Å². The first-order valence-electron chi connectivity index (χ1n) is 3.64. The second-order valence-corrected chi connectivity index (χ2v) is 5.56. The van der Waals surface area contributed by atoms with Crippen LogP contribution in [0, 0.1) is 0 Å². The standard InChI is InChI=1S/C6H12F3NOS2/c1-5(4-10)13(11)3-2-12-6(7,8)9/h5H,2-4,10H2,1H3. The van der Waals surface area contributed by atoms with Crippen LogP contribution in [-0.4, -0.2) is 33.0 Å². The predicted octanol–water partition coefficient (Wildman–Crippen LogP) is 1.34. The van der Waals surface area contributed by atoms with Crippen LogP contribution in [0.1, 0.15) is 6.92 Å². The molecule has 2 atom stereocenters. The lowest BCUT2D eigenvalue weighted by atomic mass is 10.5. The van der Waals surface area contributed by atoms with Gasteiger partial charge in [-0.3, -0.25) is 4.21 Å². The molecule has 2 unspecified atom stereocenters. The number of nitrogens with two attached hydrogens (primary N) is 1. The van der Waals surface area contributed by atoms with Gasteiger partial charge in [0.2, 0.25) is 0 Å². The molecule has 0 rings (SSSR count). The Morgan fingerprint density at radius 3 is 2.46 bits per heavy atom. The molecule has 80 valence electrons. The van der Waals surface area contributed by atoms with E-state index in [1.807, 2.05) is 0 Å². The van der Waals surface area contributed by atoms with Crippen LogP contribution in [0.25, 0.3) is 0 Å². The molecule has 0 saturated heterocycles. The fourth-order valence-corrected chi connectivity index (χ4v) is 2.39. The van der Waals surface area contributed by atoms with E-state index in [4.69, 9.17) is 5.73 Å². The van der Waals surface area contributed by atoms with Gasteiger partial charge in [-0.1, -0.05) is 11.8 Å². The largest absolute Gasteiger partial charge is 0.441 e. The summed E-state index contributed by atoms with van der Waals surface area (Å²) in [6.07, 6.45) is 0. The van der Waals surface area contributed by atoms with E-state index in [-0.39, 0.29) is 35.1 Å². The molecule has 0 fully saturated rings. The molecule has 0 spiro atoms. The van der Waals surface area contributed by atoms with Crippen molar-refractivity contribution in [1.82, 2.24) is 0 Å². The van der Waals surface area contributed by atoms with Crippen molar-refractivity contribution in [3.05, 3.63) is 0 Å². The van der Waals surface area contributed by atoms with Crippen LogP contribution in [0.15, 0.2) is 0 Å². The minimum Gasteiger partial charge on any atom is -0.329 e. The number of hydrogen-bond acceptors (Lipinski definition) is 3. The van der Waals surface area contributed by atoms with E-state index in [2.05, 4.69) is 0 Å². The first kappa shape index (κ1) is 13.2. The number of hydrogen-bond donors (Lipinski definition) is 1. The first-order chi connectivity index (χ1) is 5.87. The molecule has 0 aliphatic carbocycles. The van der Waals surface area contributed by atoms with Crippen LogP contribution >= 0.6 is 11.8 Å². The molecular formula is C6H12F3NOS2. The van der Waals surface area contributed by atoms with Crippen molar-refractivity contribution in [2.75, 3.05) is 18.1 Å². The summed E-state index contributed by atoms with van der Waals surface area (Å²) in [5.41, 5.74) is 0.982. The van der Waals surface area contributed by atoms with E-state index in [0.29, 0.717) is 0 Å². The van der Waals surface area contributed by atoms with Gasteiger partial charge < -0.3 is 5.73 Å². The van der Waals surface area contributed by atoms with Crippen LogP contribution in [0.5, 0.6) is 0 Å². The third-order valence-corrected chi connectivity index (χ3v) is 4.02. The van der Waals surface area contributed by atoms with Crippen molar-refractivity contribution in [1.29, 1.82) is 0 Å². The lowest BCUT2D eigenvalue weighted by molar-refractivity contribution is -0.0326. The highest BCUT2D eigenvalue weighted by molar-refractivity contribution is 8.01. The minimum atomic E-state index is -4.23. The summed E-state index contributed by atoms with van der Waals surface area (Å²) in [5, 5.41) is -0.228. The Bertz CT molecular complexity index is 174. The molecule has 0 aromatic rings. The van der Waals surface area contributed by atoms with Crippen LogP contribution in [-0.2, 0) is 10.8 Å². The Balaban J connectivity index is 3.60. The van der Waals surface area contributed by atoms with Crippen LogP contribution < -0.4 is 5.73 Å². The summed E-state index contributed by atoms with van der Waals surface area (Å²) in [6.45, 7) is 1.90. The summed E-state index contributed by atoms with van der Waals surface area (Å²) in [5.74, 6) is -0.122. The molecule has 2 nitrogen and oxygen atoms in total. The van der Waals surface area contributed by atoms with Gasteiger partial charge in [0.1, 0.15) is 0 Å². The summed E-state index contributed by atoms with van der Waals surface area (Å²) >= 11 is -0.144. The van der Waals surface area contributed by atoms with Crippen molar-refractivity contribution in [2.45, 2.75) is 17.7 Å². The maximum absolute atomic E-state index is 11.6. The second kappa shape index (κ2) is 5.87. The lowest BCUT2D eigenvalue weighted by Crippen LogP contribution is -2.24. The van der Waals surface area contributed by atoms with E-state index < -0.39 is 16.3 Å². The van der Waals surface area contributed by atoms with Crippen molar-refractivity contribution in [3.63, 3.8) is 0 Å². The number of alkyl halides is 3. The summed E-state index contributed by atoms with van der Waals surface area (Å²) in [7, 11) is -1.25. The predicted molar refractivity (Wildman–Crippen MR) is 50.0 cm³/mol. The van der Waals surface area contributed by atoms with Gasteiger partial charge in [0, 0.05) is 34.1 Å². The Kier molecular flexibility index (Phi) is 5.98. The smallest absolute Gasteiger partial charge is 0.329 e. The molecule has 13 heavy (non-hydrogen) atoms. The van der Waals surface area contributed by atoms with E-state index in [0.717, 1.165) is 0 Å². The van der Waals surface area contributed by atoms with Crippen LogP contribution in [0.2, 0.25) is 0 Å². The van der Waals surface area contributed by atoms with Crippen molar-refractivity contribution < 1.29 is 17.4 Å². The first-order valence-corrected chi connectivity index (χ1v) is 6.01. The van der Waals surface area contributed by atoms with Gasteiger partial charge in [-0.25, -0.2) is 0 Å². The third-order valence-electron chi connectivity index (χ3n) is 1.33. The maximum Gasteiger partial charge on any atom is 0.441 e. The third kappa shape index (κ3) is 7.33. The Morgan fingerprint density at radius 1 is 1.54 bits per heavy atom. The minimum absolute atomic E-state index is 0.0442. The van der Waals surface area contributed by atoms with Crippen molar-refractivity contribution >= 4 is 22.6 Å². The molecule has 0 amide bonds. The molecule has 2 N–H and O–H groups in total. The monoisotopic (exact) mass is 235 g/mol. The molecule has 0 saturated carbocycles. The summed E-state index contributed by atoms with van der Waals surface area (Å²) < 4.78 is 46.0.